The van der Waals surface area contributed by atoms with Crippen LogP contribution in [0.15, 0.2) is 0 Å². The van der Waals surface area contributed by atoms with Crippen molar-refractivity contribution in [2.75, 3.05) is 20.6 Å². The lowest BCUT2D eigenvalue weighted by Crippen LogP contribution is -2.41. The molecular formula is C13H26N2O2. The normalized spacial score (nSPS) is 27.1. The van der Waals surface area contributed by atoms with Gasteiger partial charge in [0.15, 0.2) is 0 Å². The van der Waals surface area contributed by atoms with Crippen LogP contribution in [0.25, 0.3) is 0 Å². The third kappa shape index (κ3) is 5.50. The Kier molecular flexibility index (Phi) is 5.92. The zero-order valence-corrected chi connectivity index (χ0v) is 11.3. The molecule has 0 aliphatic heterocycles. The van der Waals surface area contributed by atoms with E-state index in [2.05, 4.69) is 31.2 Å². The molecule has 17 heavy (non-hydrogen) atoms. The summed E-state index contributed by atoms with van der Waals surface area (Å²) in [5.74, 6) is -0.728. The van der Waals surface area contributed by atoms with Crippen LogP contribution in [-0.4, -0.2) is 48.7 Å². The predicted octanol–water partition coefficient (Wildman–Crippen LogP) is 1.56. The van der Waals surface area contributed by atoms with Gasteiger partial charge in [-0.1, -0.05) is 0 Å². The van der Waals surface area contributed by atoms with E-state index in [1.54, 1.807) is 0 Å². The van der Waals surface area contributed by atoms with E-state index in [-0.39, 0.29) is 5.92 Å². The number of nitrogens with zero attached hydrogens (tertiary/aromatic N) is 1. The van der Waals surface area contributed by atoms with Crippen molar-refractivity contribution in [2.45, 2.75) is 51.1 Å². The van der Waals surface area contributed by atoms with E-state index in [1.807, 2.05) is 0 Å². The fourth-order valence-corrected chi connectivity index (χ4v) is 2.44. The van der Waals surface area contributed by atoms with E-state index in [0.717, 1.165) is 38.6 Å². The van der Waals surface area contributed by atoms with Crippen molar-refractivity contribution in [2.24, 2.45) is 5.92 Å². The Morgan fingerprint density at radius 1 is 1.35 bits per heavy atom. The molecule has 0 aromatic heterocycles. The van der Waals surface area contributed by atoms with Crippen molar-refractivity contribution in [3.8, 4) is 0 Å². The molecule has 4 heteroatoms. The number of nitrogens with one attached hydrogen (secondary N) is 1. The summed E-state index contributed by atoms with van der Waals surface area (Å²) < 4.78 is 0. The molecule has 1 rings (SSSR count). The first-order valence-corrected chi connectivity index (χ1v) is 6.62. The Labute approximate surface area is 104 Å². The maximum Gasteiger partial charge on any atom is 0.306 e. The van der Waals surface area contributed by atoms with Crippen LogP contribution in [0.4, 0.5) is 0 Å². The first-order chi connectivity index (χ1) is 7.99. The van der Waals surface area contributed by atoms with Crippen molar-refractivity contribution in [3.05, 3.63) is 0 Å². The van der Waals surface area contributed by atoms with E-state index in [4.69, 9.17) is 5.11 Å². The molecule has 0 aromatic rings. The molecule has 100 valence electrons. The van der Waals surface area contributed by atoms with E-state index < -0.39 is 5.97 Å². The van der Waals surface area contributed by atoms with Crippen molar-refractivity contribution in [1.82, 2.24) is 10.2 Å². The minimum Gasteiger partial charge on any atom is -0.481 e. The van der Waals surface area contributed by atoms with Crippen molar-refractivity contribution < 1.29 is 9.90 Å². The first kappa shape index (κ1) is 14.5. The molecule has 0 saturated heterocycles. The maximum atomic E-state index is 10.8. The first-order valence-electron chi connectivity index (χ1n) is 6.62. The van der Waals surface area contributed by atoms with Crippen molar-refractivity contribution in [3.63, 3.8) is 0 Å². The Morgan fingerprint density at radius 3 is 2.41 bits per heavy atom. The molecule has 0 bridgehead atoms. The minimum absolute atomic E-state index is 0.106. The Hall–Kier alpha value is -0.610. The number of rotatable bonds is 6. The summed E-state index contributed by atoms with van der Waals surface area (Å²) >= 11 is 0. The van der Waals surface area contributed by atoms with Crippen LogP contribution in [0.1, 0.15) is 39.0 Å². The van der Waals surface area contributed by atoms with Crippen molar-refractivity contribution in [1.29, 1.82) is 0 Å². The van der Waals surface area contributed by atoms with Crippen LogP contribution < -0.4 is 5.32 Å². The standard InChI is InChI=1S/C13H26N2O2/c1-10(8-9-15(2)3)14-12-6-4-11(5-7-12)13(16)17/h10-12,14H,4-9H2,1-3H3,(H,16,17). The lowest BCUT2D eigenvalue weighted by molar-refractivity contribution is -0.142. The largest absolute Gasteiger partial charge is 0.481 e. The molecule has 1 fully saturated rings. The molecule has 4 nitrogen and oxygen atoms in total. The maximum absolute atomic E-state index is 10.8. The van der Waals surface area contributed by atoms with Gasteiger partial charge in [-0.2, -0.15) is 0 Å². The topological polar surface area (TPSA) is 52.6 Å². The smallest absolute Gasteiger partial charge is 0.306 e. The average molecular weight is 242 g/mol. The summed E-state index contributed by atoms with van der Waals surface area (Å²) in [6.07, 6.45) is 4.80. The highest BCUT2D eigenvalue weighted by Crippen LogP contribution is 2.24. The number of carbonyl (C=O) groups is 1. The highest BCUT2D eigenvalue weighted by molar-refractivity contribution is 5.70. The van der Waals surface area contributed by atoms with Crippen LogP contribution in [0.3, 0.4) is 0 Å². The third-order valence-corrected chi connectivity index (χ3v) is 3.61. The van der Waals surface area contributed by atoms with Gasteiger partial charge in [-0.05, 0) is 59.7 Å². The summed E-state index contributed by atoms with van der Waals surface area (Å²) in [4.78, 5) is 13.0. The van der Waals surface area contributed by atoms with Crippen LogP contribution >= 0.6 is 0 Å². The van der Waals surface area contributed by atoms with Gasteiger partial charge in [-0.25, -0.2) is 0 Å². The molecule has 2 N–H and O–H groups in total. The van der Waals surface area contributed by atoms with Gasteiger partial charge in [-0.15, -0.1) is 0 Å². The molecule has 0 amide bonds. The molecule has 0 spiro atoms. The fourth-order valence-electron chi connectivity index (χ4n) is 2.44. The monoisotopic (exact) mass is 242 g/mol. The Bertz CT molecular complexity index is 236. The summed E-state index contributed by atoms with van der Waals surface area (Å²) in [6.45, 7) is 3.31. The highest BCUT2D eigenvalue weighted by Gasteiger charge is 2.26. The van der Waals surface area contributed by atoms with Crippen LogP contribution in [0, 0.1) is 5.92 Å². The molecule has 1 unspecified atom stereocenters. The van der Waals surface area contributed by atoms with Gasteiger partial charge in [0, 0.05) is 12.1 Å². The zero-order chi connectivity index (χ0) is 12.8. The zero-order valence-electron chi connectivity index (χ0n) is 11.3. The van der Waals surface area contributed by atoms with E-state index >= 15 is 0 Å². The van der Waals surface area contributed by atoms with Crippen LogP contribution in [0.2, 0.25) is 0 Å². The van der Waals surface area contributed by atoms with E-state index in [9.17, 15) is 4.79 Å². The number of hydrogen-bond acceptors (Lipinski definition) is 3. The molecule has 0 aromatic carbocycles. The van der Waals surface area contributed by atoms with Gasteiger partial charge >= 0.3 is 5.97 Å². The van der Waals surface area contributed by atoms with Gasteiger partial charge in [0.05, 0.1) is 5.92 Å². The number of hydrogen-bond donors (Lipinski definition) is 2. The Balaban J connectivity index is 2.19. The SMILES string of the molecule is CC(CCN(C)C)NC1CCC(C(=O)O)CC1. The van der Waals surface area contributed by atoms with Crippen molar-refractivity contribution >= 4 is 5.97 Å². The highest BCUT2D eigenvalue weighted by atomic mass is 16.4. The lowest BCUT2D eigenvalue weighted by Gasteiger charge is -2.30. The summed E-state index contributed by atoms with van der Waals surface area (Å²) in [5, 5.41) is 12.5. The van der Waals surface area contributed by atoms with Gasteiger partial charge < -0.3 is 15.3 Å². The molecule has 1 aliphatic carbocycles. The number of aliphatic carboxylic acids is 1. The molecule has 0 radical (unpaired) electrons. The average Bonchev–Trinajstić information content (AvgIpc) is 2.27. The fraction of sp³-hybridized carbons (Fsp3) is 0.923. The quantitative estimate of drug-likeness (QED) is 0.742. The third-order valence-electron chi connectivity index (χ3n) is 3.61. The summed E-state index contributed by atoms with van der Waals surface area (Å²) in [7, 11) is 4.18. The second kappa shape index (κ2) is 6.97. The second-order valence-electron chi connectivity index (χ2n) is 5.55. The van der Waals surface area contributed by atoms with Gasteiger partial charge in [-0.3, -0.25) is 4.79 Å². The molecular weight excluding hydrogens is 216 g/mol. The molecule has 1 aliphatic rings. The summed E-state index contributed by atoms with van der Waals surface area (Å²) in [5.41, 5.74) is 0. The van der Waals surface area contributed by atoms with Gasteiger partial charge in [0.1, 0.15) is 0 Å². The molecule has 1 atom stereocenters. The minimum atomic E-state index is -0.621. The Morgan fingerprint density at radius 2 is 1.94 bits per heavy atom. The predicted molar refractivity (Wildman–Crippen MR) is 69.2 cm³/mol. The second-order valence-corrected chi connectivity index (χ2v) is 5.55. The molecule has 0 heterocycles. The summed E-state index contributed by atoms with van der Waals surface area (Å²) in [6, 6.07) is 1.03. The van der Waals surface area contributed by atoms with Crippen LogP contribution in [0.5, 0.6) is 0 Å². The number of carboxylic acid groups (broad SMARTS) is 1. The van der Waals surface area contributed by atoms with Crippen LogP contribution in [-0.2, 0) is 4.79 Å². The van der Waals surface area contributed by atoms with E-state index in [1.165, 1.54) is 0 Å². The van der Waals surface area contributed by atoms with Gasteiger partial charge in [0.2, 0.25) is 0 Å². The van der Waals surface area contributed by atoms with Gasteiger partial charge in [0.25, 0.3) is 0 Å². The lowest BCUT2D eigenvalue weighted by atomic mass is 9.86. The molecule has 1 saturated carbocycles. The number of carboxylic acids is 1. The van der Waals surface area contributed by atoms with E-state index in [0.29, 0.717) is 12.1 Å².